The number of benzene rings is 1. The number of rotatable bonds is 6. The molecule has 0 bridgehead atoms. The second-order valence-corrected chi connectivity index (χ2v) is 5.08. The molecule has 2 nitrogen and oxygen atoms in total. The van der Waals surface area contributed by atoms with E-state index < -0.39 is 0 Å². The van der Waals surface area contributed by atoms with E-state index in [4.69, 9.17) is 4.74 Å². The summed E-state index contributed by atoms with van der Waals surface area (Å²) < 4.78 is 5.74. The Balaban J connectivity index is 1.56. The van der Waals surface area contributed by atoms with Gasteiger partial charge in [0.2, 0.25) is 0 Å². The molecule has 94 valence electrons. The van der Waals surface area contributed by atoms with Crippen molar-refractivity contribution in [2.75, 3.05) is 26.2 Å². The molecule has 0 atom stereocenters. The molecule has 2 heteroatoms. The molecule has 2 rings (SSSR count). The minimum atomic E-state index is 0.858. The summed E-state index contributed by atoms with van der Waals surface area (Å²) in [6.07, 6.45) is 5.32. The Morgan fingerprint density at radius 2 is 2.00 bits per heavy atom. The van der Waals surface area contributed by atoms with Gasteiger partial charge in [-0.05, 0) is 37.5 Å². The molecule has 1 aliphatic rings. The fourth-order valence-electron chi connectivity index (χ4n) is 2.50. The molecular formula is C15H24NO+. The SMILES string of the molecule is Cc1cccc(OCCCC[NH+]2CCCC2)c1. The normalized spacial score (nSPS) is 16.3. The standard InChI is InChI=1S/C15H23NO/c1-14-7-6-8-15(13-14)17-12-5-4-11-16-9-2-3-10-16/h6-8,13H,2-5,9-12H2,1H3/p+1. The lowest BCUT2D eigenvalue weighted by atomic mass is 10.2. The molecule has 0 aliphatic carbocycles. The van der Waals surface area contributed by atoms with Crippen molar-refractivity contribution >= 4 is 0 Å². The third-order valence-electron chi connectivity index (χ3n) is 3.49. The predicted octanol–water partition coefficient (Wildman–Crippen LogP) is 1.83. The number of aryl methyl sites for hydroxylation is 1. The summed E-state index contributed by atoms with van der Waals surface area (Å²) in [4.78, 5) is 1.79. The van der Waals surface area contributed by atoms with Gasteiger partial charge in [0.1, 0.15) is 5.75 Å². The van der Waals surface area contributed by atoms with Gasteiger partial charge in [-0.2, -0.15) is 0 Å². The summed E-state index contributed by atoms with van der Waals surface area (Å²) in [5, 5.41) is 0. The van der Waals surface area contributed by atoms with Crippen LogP contribution in [0.25, 0.3) is 0 Å². The van der Waals surface area contributed by atoms with E-state index in [0.29, 0.717) is 0 Å². The molecule has 17 heavy (non-hydrogen) atoms. The highest BCUT2D eigenvalue weighted by Crippen LogP contribution is 2.12. The summed E-state index contributed by atoms with van der Waals surface area (Å²) in [7, 11) is 0. The molecule has 0 unspecified atom stereocenters. The second kappa shape index (κ2) is 6.65. The van der Waals surface area contributed by atoms with Gasteiger partial charge in [-0.1, -0.05) is 12.1 Å². The monoisotopic (exact) mass is 234 g/mol. The molecule has 0 aromatic heterocycles. The molecule has 0 radical (unpaired) electrons. The smallest absolute Gasteiger partial charge is 0.119 e. The predicted molar refractivity (Wildman–Crippen MR) is 70.7 cm³/mol. The van der Waals surface area contributed by atoms with Gasteiger partial charge in [-0.3, -0.25) is 0 Å². The van der Waals surface area contributed by atoms with Crippen LogP contribution in [0.4, 0.5) is 0 Å². The maximum absolute atomic E-state index is 5.74. The van der Waals surface area contributed by atoms with Crippen LogP contribution in [0.2, 0.25) is 0 Å². The van der Waals surface area contributed by atoms with E-state index in [9.17, 15) is 0 Å². The fourth-order valence-corrected chi connectivity index (χ4v) is 2.50. The Hall–Kier alpha value is -1.02. The first-order valence-corrected chi connectivity index (χ1v) is 6.87. The lowest BCUT2D eigenvalue weighted by molar-refractivity contribution is -0.887. The summed E-state index contributed by atoms with van der Waals surface area (Å²) in [6, 6.07) is 8.30. The van der Waals surface area contributed by atoms with Crippen LogP contribution in [-0.2, 0) is 0 Å². The van der Waals surface area contributed by atoms with Crippen molar-refractivity contribution in [2.24, 2.45) is 0 Å². The van der Waals surface area contributed by atoms with Crippen LogP contribution in [-0.4, -0.2) is 26.2 Å². The Bertz CT molecular complexity index is 331. The Labute approximate surface area is 105 Å². The molecule has 0 saturated carbocycles. The van der Waals surface area contributed by atoms with Crippen molar-refractivity contribution in [1.82, 2.24) is 0 Å². The molecule has 1 N–H and O–H groups in total. The van der Waals surface area contributed by atoms with Crippen LogP contribution in [0, 0.1) is 6.92 Å². The first-order valence-electron chi connectivity index (χ1n) is 6.87. The Morgan fingerprint density at radius 1 is 1.18 bits per heavy atom. The minimum absolute atomic E-state index is 0.858. The van der Waals surface area contributed by atoms with E-state index >= 15 is 0 Å². The molecule has 1 aromatic carbocycles. The van der Waals surface area contributed by atoms with Gasteiger partial charge in [0.05, 0.1) is 26.2 Å². The zero-order valence-electron chi connectivity index (χ0n) is 10.9. The van der Waals surface area contributed by atoms with Gasteiger partial charge in [0.25, 0.3) is 0 Å². The lowest BCUT2D eigenvalue weighted by Gasteiger charge is -2.12. The highest BCUT2D eigenvalue weighted by atomic mass is 16.5. The topological polar surface area (TPSA) is 13.7 Å². The zero-order valence-corrected chi connectivity index (χ0v) is 10.9. The van der Waals surface area contributed by atoms with Crippen molar-refractivity contribution in [3.8, 4) is 5.75 Å². The number of ether oxygens (including phenoxy) is 1. The van der Waals surface area contributed by atoms with Gasteiger partial charge in [0, 0.05) is 12.8 Å². The average Bonchev–Trinajstić information content (AvgIpc) is 2.82. The van der Waals surface area contributed by atoms with Crippen molar-refractivity contribution in [1.29, 1.82) is 0 Å². The van der Waals surface area contributed by atoms with Gasteiger partial charge in [-0.25, -0.2) is 0 Å². The fraction of sp³-hybridized carbons (Fsp3) is 0.600. The van der Waals surface area contributed by atoms with E-state index in [0.717, 1.165) is 12.4 Å². The van der Waals surface area contributed by atoms with Crippen LogP contribution in [0.3, 0.4) is 0 Å². The molecule has 1 fully saturated rings. The summed E-state index contributed by atoms with van der Waals surface area (Å²) >= 11 is 0. The molecule has 1 heterocycles. The number of hydrogen-bond donors (Lipinski definition) is 1. The number of nitrogens with one attached hydrogen (secondary N) is 1. The number of hydrogen-bond acceptors (Lipinski definition) is 1. The van der Waals surface area contributed by atoms with Crippen molar-refractivity contribution in [3.05, 3.63) is 29.8 Å². The van der Waals surface area contributed by atoms with E-state index in [1.165, 1.54) is 50.9 Å². The quantitative estimate of drug-likeness (QED) is 0.741. The first-order chi connectivity index (χ1) is 8.34. The summed E-state index contributed by atoms with van der Waals surface area (Å²) in [5.41, 5.74) is 1.27. The van der Waals surface area contributed by atoms with E-state index in [1.54, 1.807) is 4.90 Å². The van der Waals surface area contributed by atoms with E-state index in [1.807, 2.05) is 6.07 Å². The molecule has 0 amide bonds. The number of likely N-dealkylation sites (tertiary alicyclic amines) is 1. The highest BCUT2D eigenvalue weighted by Gasteiger charge is 2.13. The Kier molecular flexibility index (Phi) is 4.87. The van der Waals surface area contributed by atoms with Crippen molar-refractivity contribution < 1.29 is 9.64 Å². The lowest BCUT2D eigenvalue weighted by Crippen LogP contribution is -3.09. The molecule has 1 saturated heterocycles. The third kappa shape index (κ3) is 4.39. The maximum Gasteiger partial charge on any atom is 0.119 e. The highest BCUT2D eigenvalue weighted by molar-refractivity contribution is 5.27. The van der Waals surface area contributed by atoms with Crippen LogP contribution in [0.15, 0.2) is 24.3 Å². The summed E-state index contributed by atoms with van der Waals surface area (Å²) in [6.45, 7) is 7.06. The van der Waals surface area contributed by atoms with Gasteiger partial charge in [0.15, 0.2) is 0 Å². The van der Waals surface area contributed by atoms with Crippen molar-refractivity contribution in [3.63, 3.8) is 0 Å². The van der Waals surface area contributed by atoms with Crippen molar-refractivity contribution in [2.45, 2.75) is 32.6 Å². The van der Waals surface area contributed by atoms with Crippen LogP contribution in [0.5, 0.6) is 5.75 Å². The molecule has 1 aliphatic heterocycles. The minimum Gasteiger partial charge on any atom is -0.494 e. The van der Waals surface area contributed by atoms with Gasteiger partial charge < -0.3 is 9.64 Å². The first kappa shape index (κ1) is 12.4. The molecule has 0 spiro atoms. The summed E-state index contributed by atoms with van der Waals surface area (Å²) in [5.74, 6) is 1.01. The zero-order chi connectivity index (χ0) is 11.9. The van der Waals surface area contributed by atoms with Gasteiger partial charge in [-0.15, -0.1) is 0 Å². The second-order valence-electron chi connectivity index (χ2n) is 5.08. The van der Waals surface area contributed by atoms with Crippen LogP contribution < -0.4 is 9.64 Å². The number of quaternary nitrogens is 1. The largest absolute Gasteiger partial charge is 0.494 e. The Morgan fingerprint density at radius 3 is 2.76 bits per heavy atom. The van der Waals surface area contributed by atoms with Gasteiger partial charge >= 0.3 is 0 Å². The maximum atomic E-state index is 5.74. The van der Waals surface area contributed by atoms with E-state index in [2.05, 4.69) is 25.1 Å². The van der Waals surface area contributed by atoms with E-state index in [-0.39, 0.29) is 0 Å². The number of unbranched alkanes of at least 4 members (excludes halogenated alkanes) is 1. The van der Waals surface area contributed by atoms with Crippen LogP contribution >= 0.6 is 0 Å². The average molecular weight is 234 g/mol. The van der Waals surface area contributed by atoms with Crippen LogP contribution in [0.1, 0.15) is 31.2 Å². The molecule has 1 aromatic rings. The molecular weight excluding hydrogens is 210 g/mol. The third-order valence-corrected chi connectivity index (χ3v) is 3.49.